The zero-order valence-corrected chi connectivity index (χ0v) is 9.52. The third-order valence-corrected chi connectivity index (χ3v) is 3.64. The lowest BCUT2D eigenvalue weighted by atomic mass is 10.1. The van der Waals surface area contributed by atoms with Crippen LogP contribution in [-0.4, -0.2) is 35.0 Å². The summed E-state index contributed by atoms with van der Waals surface area (Å²) < 4.78 is 0. The second-order valence-corrected chi connectivity index (χ2v) is 4.93. The summed E-state index contributed by atoms with van der Waals surface area (Å²) in [6.45, 7) is 0.749. The Morgan fingerprint density at radius 1 is 1.40 bits per heavy atom. The molecule has 86 valence electrons. The van der Waals surface area contributed by atoms with Gasteiger partial charge in [-0.1, -0.05) is 0 Å². The third-order valence-electron chi connectivity index (χ3n) is 2.41. The van der Waals surface area contributed by atoms with Crippen LogP contribution < -0.4 is 5.32 Å². The quantitative estimate of drug-likeness (QED) is 0.718. The molecule has 0 aliphatic carbocycles. The topological polar surface area (TPSA) is 66.4 Å². The Bertz CT molecular complexity index is 227. The van der Waals surface area contributed by atoms with E-state index in [2.05, 4.69) is 5.32 Å². The van der Waals surface area contributed by atoms with Crippen molar-refractivity contribution in [3.8, 4) is 0 Å². The number of carboxylic acids is 1. The van der Waals surface area contributed by atoms with E-state index in [-0.39, 0.29) is 12.3 Å². The van der Waals surface area contributed by atoms with Crippen LogP contribution in [0.15, 0.2) is 0 Å². The summed E-state index contributed by atoms with van der Waals surface area (Å²) in [5.74, 6) is 2.08. The second kappa shape index (κ2) is 6.71. The maximum atomic E-state index is 11.3. The van der Waals surface area contributed by atoms with Crippen LogP contribution in [0.4, 0.5) is 0 Å². The van der Waals surface area contributed by atoms with Gasteiger partial charge in [-0.3, -0.25) is 9.59 Å². The van der Waals surface area contributed by atoms with E-state index in [4.69, 9.17) is 5.11 Å². The number of rotatable bonds is 6. The summed E-state index contributed by atoms with van der Waals surface area (Å²) in [6.07, 6.45) is 2.01. The largest absolute Gasteiger partial charge is 0.481 e. The predicted octanol–water partition coefficient (Wildman–Crippen LogP) is 1.11. The molecule has 5 heteroatoms. The van der Waals surface area contributed by atoms with Crippen molar-refractivity contribution in [2.75, 3.05) is 18.1 Å². The van der Waals surface area contributed by atoms with Crippen LogP contribution in [0.5, 0.6) is 0 Å². The van der Waals surface area contributed by atoms with Gasteiger partial charge in [0.05, 0.1) is 0 Å². The molecule has 1 fully saturated rings. The molecule has 0 aromatic heterocycles. The first kappa shape index (κ1) is 12.4. The van der Waals surface area contributed by atoms with Gasteiger partial charge in [0.25, 0.3) is 0 Å². The van der Waals surface area contributed by atoms with E-state index >= 15 is 0 Å². The Labute approximate surface area is 93.8 Å². The number of carbonyl (C=O) groups excluding carboxylic acids is 1. The van der Waals surface area contributed by atoms with Crippen LogP contribution in [-0.2, 0) is 9.59 Å². The van der Waals surface area contributed by atoms with Crippen LogP contribution in [0.2, 0.25) is 0 Å². The number of thioether (sulfide) groups is 1. The van der Waals surface area contributed by atoms with E-state index in [0.29, 0.717) is 18.8 Å². The lowest BCUT2D eigenvalue weighted by molar-refractivity contribution is -0.137. The second-order valence-electron chi connectivity index (χ2n) is 3.78. The van der Waals surface area contributed by atoms with E-state index in [9.17, 15) is 9.59 Å². The number of carboxylic acid groups (broad SMARTS) is 1. The molecule has 0 aromatic carbocycles. The molecule has 4 nitrogen and oxygen atoms in total. The molecule has 2 N–H and O–H groups in total. The molecule has 0 radical (unpaired) electrons. The number of carbonyl (C=O) groups is 2. The standard InChI is InChI=1S/C10H17NO3S/c12-9(2-1-3-10(13)14)11-6-8-4-5-15-7-8/h8H,1-7H2,(H,11,12)(H,13,14). The zero-order valence-electron chi connectivity index (χ0n) is 8.70. The summed E-state index contributed by atoms with van der Waals surface area (Å²) in [5, 5.41) is 11.2. The van der Waals surface area contributed by atoms with Crippen molar-refractivity contribution < 1.29 is 14.7 Å². The number of hydrogen-bond acceptors (Lipinski definition) is 3. The molecule has 0 aromatic rings. The van der Waals surface area contributed by atoms with E-state index in [1.807, 2.05) is 11.8 Å². The average Bonchev–Trinajstić information content (AvgIpc) is 2.66. The predicted molar refractivity (Wildman–Crippen MR) is 59.9 cm³/mol. The fourth-order valence-electron chi connectivity index (χ4n) is 1.49. The Kier molecular flexibility index (Phi) is 5.53. The molecule has 1 heterocycles. The molecule has 1 rings (SSSR count). The van der Waals surface area contributed by atoms with Gasteiger partial charge in [-0.2, -0.15) is 11.8 Å². The van der Waals surface area contributed by atoms with Crippen molar-refractivity contribution in [2.45, 2.75) is 25.7 Å². The molecular formula is C10H17NO3S. The zero-order chi connectivity index (χ0) is 11.1. The van der Waals surface area contributed by atoms with Gasteiger partial charge in [-0.15, -0.1) is 0 Å². The Balaban J connectivity index is 2.00. The SMILES string of the molecule is O=C(O)CCCC(=O)NCC1CCSC1. The van der Waals surface area contributed by atoms with Crippen LogP contribution in [0.1, 0.15) is 25.7 Å². The van der Waals surface area contributed by atoms with Gasteiger partial charge in [0.2, 0.25) is 5.91 Å². The number of aliphatic carboxylic acids is 1. The highest BCUT2D eigenvalue weighted by Gasteiger charge is 2.15. The minimum absolute atomic E-state index is 0.0202. The van der Waals surface area contributed by atoms with E-state index < -0.39 is 5.97 Å². The van der Waals surface area contributed by atoms with Crippen molar-refractivity contribution in [3.05, 3.63) is 0 Å². The van der Waals surface area contributed by atoms with Gasteiger partial charge < -0.3 is 10.4 Å². The number of nitrogens with one attached hydrogen (secondary N) is 1. The minimum atomic E-state index is -0.838. The number of amides is 1. The van der Waals surface area contributed by atoms with Crippen LogP contribution >= 0.6 is 11.8 Å². The Hall–Kier alpha value is -0.710. The summed E-state index contributed by atoms with van der Waals surface area (Å²) in [5.41, 5.74) is 0. The van der Waals surface area contributed by atoms with Crippen molar-refractivity contribution >= 4 is 23.6 Å². The van der Waals surface area contributed by atoms with Crippen LogP contribution in [0, 0.1) is 5.92 Å². The lowest BCUT2D eigenvalue weighted by Gasteiger charge is -2.09. The first-order chi connectivity index (χ1) is 7.18. The van der Waals surface area contributed by atoms with Crippen molar-refractivity contribution in [1.82, 2.24) is 5.32 Å². The molecule has 1 aliphatic heterocycles. The summed E-state index contributed by atoms with van der Waals surface area (Å²) >= 11 is 1.93. The molecule has 1 unspecified atom stereocenters. The maximum Gasteiger partial charge on any atom is 0.303 e. The lowest BCUT2D eigenvalue weighted by Crippen LogP contribution is -2.29. The molecule has 15 heavy (non-hydrogen) atoms. The monoisotopic (exact) mass is 231 g/mol. The summed E-state index contributed by atoms with van der Waals surface area (Å²) in [4.78, 5) is 21.5. The smallest absolute Gasteiger partial charge is 0.303 e. The Morgan fingerprint density at radius 3 is 2.80 bits per heavy atom. The average molecular weight is 231 g/mol. The highest BCUT2D eigenvalue weighted by Crippen LogP contribution is 2.22. The fraction of sp³-hybridized carbons (Fsp3) is 0.800. The van der Waals surface area contributed by atoms with Gasteiger partial charge in [0.15, 0.2) is 0 Å². The molecule has 0 saturated carbocycles. The van der Waals surface area contributed by atoms with Crippen LogP contribution in [0.3, 0.4) is 0 Å². The van der Waals surface area contributed by atoms with Gasteiger partial charge in [0, 0.05) is 19.4 Å². The van der Waals surface area contributed by atoms with Gasteiger partial charge in [-0.25, -0.2) is 0 Å². The van der Waals surface area contributed by atoms with E-state index in [1.165, 1.54) is 12.2 Å². The van der Waals surface area contributed by atoms with Gasteiger partial charge >= 0.3 is 5.97 Å². The fourth-order valence-corrected chi connectivity index (χ4v) is 2.78. The minimum Gasteiger partial charge on any atom is -0.481 e. The van der Waals surface area contributed by atoms with Crippen molar-refractivity contribution in [1.29, 1.82) is 0 Å². The molecular weight excluding hydrogens is 214 g/mol. The number of hydrogen-bond donors (Lipinski definition) is 2. The first-order valence-corrected chi connectivity index (χ1v) is 6.40. The summed E-state index contributed by atoms with van der Waals surface area (Å²) in [6, 6.07) is 0. The highest BCUT2D eigenvalue weighted by molar-refractivity contribution is 7.99. The molecule has 0 bridgehead atoms. The molecule has 1 saturated heterocycles. The normalized spacial score (nSPS) is 20.1. The molecule has 1 amide bonds. The maximum absolute atomic E-state index is 11.3. The highest BCUT2D eigenvalue weighted by atomic mass is 32.2. The first-order valence-electron chi connectivity index (χ1n) is 5.24. The van der Waals surface area contributed by atoms with Gasteiger partial charge in [0.1, 0.15) is 0 Å². The third kappa shape index (κ3) is 5.67. The van der Waals surface area contributed by atoms with E-state index in [1.54, 1.807) is 0 Å². The molecule has 1 atom stereocenters. The molecule has 0 spiro atoms. The van der Waals surface area contributed by atoms with E-state index in [0.717, 1.165) is 12.3 Å². The molecule has 1 aliphatic rings. The van der Waals surface area contributed by atoms with Crippen molar-refractivity contribution in [3.63, 3.8) is 0 Å². The summed E-state index contributed by atoms with van der Waals surface area (Å²) in [7, 11) is 0. The Morgan fingerprint density at radius 2 is 2.20 bits per heavy atom. The van der Waals surface area contributed by atoms with Crippen LogP contribution in [0.25, 0.3) is 0 Å². The van der Waals surface area contributed by atoms with Gasteiger partial charge in [-0.05, 0) is 30.3 Å². The van der Waals surface area contributed by atoms with Crippen molar-refractivity contribution in [2.24, 2.45) is 5.92 Å².